The zero-order valence-corrected chi connectivity index (χ0v) is 13.9. The molecule has 3 atom stereocenters. The van der Waals surface area contributed by atoms with E-state index in [4.69, 9.17) is 4.74 Å². The van der Waals surface area contributed by atoms with E-state index in [1.807, 2.05) is 40.1 Å². The van der Waals surface area contributed by atoms with Crippen LogP contribution in [-0.4, -0.2) is 53.5 Å². The second kappa shape index (κ2) is 6.55. The molecule has 5 heteroatoms. The molecule has 4 rings (SSSR count). The zero-order valence-electron chi connectivity index (χ0n) is 13.9. The molecule has 24 heavy (non-hydrogen) atoms. The van der Waals surface area contributed by atoms with Gasteiger partial charge in [-0.2, -0.15) is 0 Å². The van der Waals surface area contributed by atoms with Crippen molar-refractivity contribution in [3.05, 3.63) is 35.9 Å². The molecule has 0 bridgehead atoms. The summed E-state index contributed by atoms with van der Waals surface area (Å²) in [7, 11) is 0. The maximum Gasteiger partial charge on any atom is 0.228 e. The molecule has 1 aromatic carbocycles. The fourth-order valence-corrected chi connectivity index (χ4v) is 4.33. The minimum absolute atomic E-state index is 0.0911. The van der Waals surface area contributed by atoms with E-state index in [2.05, 4.69) is 0 Å². The molecule has 2 saturated heterocycles. The molecule has 3 fully saturated rings. The summed E-state index contributed by atoms with van der Waals surface area (Å²) in [4.78, 5) is 29.1. The summed E-state index contributed by atoms with van der Waals surface area (Å²) in [6, 6.07) is 10.2. The van der Waals surface area contributed by atoms with E-state index in [0.717, 1.165) is 24.8 Å². The molecule has 0 N–H and O–H groups in total. The van der Waals surface area contributed by atoms with Crippen LogP contribution in [0, 0.1) is 5.92 Å². The summed E-state index contributed by atoms with van der Waals surface area (Å²) in [5.41, 5.74) is 1.11. The van der Waals surface area contributed by atoms with Crippen LogP contribution in [-0.2, 0) is 20.9 Å². The number of carbonyl (C=O) groups is 2. The summed E-state index contributed by atoms with van der Waals surface area (Å²) in [5, 5.41) is 0. The largest absolute Gasteiger partial charge is 0.374 e. The second-order valence-electron chi connectivity index (χ2n) is 7.10. The Morgan fingerprint density at radius 1 is 1.21 bits per heavy atom. The molecule has 2 heterocycles. The van der Waals surface area contributed by atoms with Gasteiger partial charge in [0, 0.05) is 26.1 Å². The lowest BCUT2D eigenvalue weighted by molar-refractivity contribution is -0.148. The minimum Gasteiger partial charge on any atom is -0.374 e. The lowest BCUT2D eigenvalue weighted by atomic mass is 10.0. The van der Waals surface area contributed by atoms with Crippen molar-refractivity contribution in [2.24, 2.45) is 5.92 Å². The number of benzene rings is 1. The highest BCUT2D eigenvalue weighted by Gasteiger charge is 2.43. The van der Waals surface area contributed by atoms with Crippen LogP contribution < -0.4 is 0 Å². The molecule has 2 aliphatic heterocycles. The Morgan fingerprint density at radius 3 is 2.88 bits per heavy atom. The van der Waals surface area contributed by atoms with Gasteiger partial charge in [0.25, 0.3) is 0 Å². The van der Waals surface area contributed by atoms with Crippen molar-refractivity contribution >= 4 is 11.8 Å². The van der Waals surface area contributed by atoms with Crippen LogP contribution in [0.5, 0.6) is 0 Å². The highest BCUT2D eigenvalue weighted by Crippen LogP contribution is 2.32. The number of hydrogen-bond acceptors (Lipinski definition) is 3. The van der Waals surface area contributed by atoms with Crippen LogP contribution in [0.4, 0.5) is 0 Å². The lowest BCUT2D eigenvalue weighted by Gasteiger charge is -2.38. The number of ether oxygens (including phenoxy) is 1. The molecule has 128 valence electrons. The first-order valence-electron chi connectivity index (χ1n) is 8.96. The van der Waals surface area contributed by atoms with E-state index in [1.54, 1.807) is 0 Å². The number of morpholine rings is 1. The molecule has 1 aromatic rings. The molecule has 5 nitrogen and oxygen atoms in total. The predicted octanol–water partition coefficient (Wildman–Crippen LogP) is 1.81. The van der Waals surface area contributed by atoms with Gasteiger partial charge in [-0.25, -0.2) is 0 Å². The molecule has 0 spiro atoms. The molecule has 1 aliphatic carbocycles. The molecule has 0 aromatic heterocycles. The van der Waals surface area contributed by atoms with Gasteiger partial charge >= 0.3 is 0 Å². The third-order valence-corrected chi connectivity index (χ3v) is 5.55. The van der Waals surface area contributed by atoms with Crippen molar-refractivity contribution in [3.8, 4) is 0 Å². The molecule has 0 radical (unpaired) electrons. The molecule has 3 aliphatic rings. The van der Waals surface area contributed by atoms with Gasteiger partial charge < -0.3 is 14.5 Å². The average Bonchev–Trinajstić information content (AvgIpc) is 3.22. The number of nitrogens with zero attached hydrogens (tertiary/aromatic N) is 2. The van der Waals surface area contributed by atoms with Crippen LogP contribution in [0.15, 0.2) is 30.3 Å². The first-order chi connectivity index (χ1) is 11.7. The third-order valence-electron chi connectivity index (χ3n) is 5.55. The summed E-state index contributed by atoms with van der Waals surface area (Å²) >= 11 is 0. The summed E-state index contributed by atoms with van der Waals surface area (Å²) in [5.74, 6) is 0.0492. The average molecular weight is 328 g/mol. The predicted molar refractivity (Wildman–Crippen MR) is 89.1 cm³/mol. The number of amides is 2. The molecular weight excluding hydrogens is 304 g/mol. The standard InChI is InChI=1S/C19H24N2O3/c22-18-11-15(13-20(18)12-14-5-2-1-3-6-14)19(23)21-9-10-24-17-8-4-7-16(17)21/h1-3,5-6,15-17H,4,7-13H2. The summed E-state index contributed by atoms with van der Waals surface area (Å²) in [6.45, 7) is 2.44. The molecule has 3 unspecified atom stereocenters. The minimum atomic E-state index is -0.194. The van der Waals surface area contributed by atoms with Crippen molar-refractivity contribution in [1.82, 2.24) is 9.80 Å². The monoisotopic (exact) mass is 328 g/mol. The van der Waals surface area contributed by atoms with Gasteiger partial charge in [0.15, 0.2) is 0 Å². The molecular formula is C19H24N2O3. The Labute approximate surface area is 142 Å². The number of fused-ring (bicyclic) bond motifs is 1. The van der Waals surface area contributed by atoms with Gasteiger partial charge in [-0.15, -0.1) is 0 Å². The highest BCUT2D eigenvalue weighted by molar-refractivity contribution is 5.89. The number of hydrogen-bond donors (Lipinski definition) is 0. The Kier molecular flexibility index (Phi) is 4.27. The summed E-state index contributed by atoms with van der Waals surface area (Å²) < 4.78 is 5.79. The first-order valence-corrected chi connectivity index (χ1v) is 8.96. The first kappa shape index (κ1) is 15.6. The van der Waals surface area contributed by atoms with Gasteiger partial charge in [0.2, 0.25) is 11.8 Å². The van der Waals surface area contributed by atoms with Gasteiger partial charge in [0.1, 0.15) is 0 Å². The highest BCUT2D eigenvalue weighted by atomic mass is 16.5. The van der Waals surface area contributed by atoms with Crippen molar-refractivity contribution in [2.75, 3.05) is 19.7 Å². The van der Waals surface area contributed by atoms with E-state index in [9.17, 15) is 9.59 Å². The van der Waals surface area contributed by atoms with Gasteiger partial charge in [-0.1, -0.05) is 30.3 Å². The molecule has 2 amide bonds. The van der Waals surface area contributed by atoms with Gasteiger partial charge in [-0.3, -0.25) is 9.59 Å². The SMILES string of the molecule is O=C1CC(C(=O)N2CCOC3CCCC32)CN1Cc1ccccc1. The van der Waals surface area contributed by atoms with Crippen molar-refractivity contribution in [2.45, 2.75) is 44.4 Å². The Morgan fingerprint density at radius 2 is 2.04 bits per heavy atom. The zero-order chi connectivity index (χ0) is 16.5. The van der Waals surface area contributed by atoms with E-state index in [0.29, 0.717) is 32.7 Å². The fraction of sp³-hybridized carbons (Fsp3) is 0.579. The number of likely N-dealkylation sites (tertiary alicyclic amines) is 1. The van der Waals surface area contributed by atoms with Crippen LogP contribution in [0.2, 0.25) is 0 Å². The van der Waals surface area contributed by atoms with Crippen LogP contribution >= 0.6 is 0 Å². The topological polar surface area (TPSA) is 49.9 Å². The van der Waals surface area contributed by atoms with E-state index in [-0.39, 0.29) is 29.9 Å². The fourth-order valence-electron chi connectivity index (χ4n) is 4.33. The van der Waals surface area contributed by atoms with Crippen molar-refractivity contribution in [1.29, 1.82) is 0 Å². The Bertz CT molecular complexity index is 618. The lowest BCUT2D eigenvalue weighted by Crippen LogP contribution is -2.53. The second-order valence-corrected chi connectivity index (χ2v) is 7.10. The van der Waals surface area contributed by atoms with E-state index >= 15 is 0 Å². The Hall–Kier alpha value is -1.88. The van der Waals surface area contributed by atoms with E-state index in [1.165, 1.54) is 0 Å². The quantitative estimate of drug-likeness (QED) is 0.850. The maximum absolute atomic E-state index is 13.0. The summed E-state index contributed by atoms with van der Waals surface area (Å²) in [6.07, 6.45) is 3.77. The smallest absolute Gasteiger partial charge is 0.228 e. The van der Waals surface area contributed by atoms with Crippen LogP contribution in [0.1, 0.15) is 31.2 Å². The third kappa shape index (κ3) is 2.93. The van der Waals surface area contributed by atoms with Crippen LogP contribution in [0.3, 0.4) is 0 Å². The van der Waals surface area contributed by atoms with Gasteiger partial charge in [-0.05, 0) is 24.8 Å². The Balaban J connectivity index is 1.41. The van der Waals surface area contributed by atoms with Gasteiger partial charge in [0.05, 0.1) is 24.7 Å². The number of rotatable bonds is 3. The molecule has 1 saturated carbocycles. The van der Waals surface area contributed by atoms with Crippen LogP contribution in [0.25, 0.3) is 0 Å². The van der Waals surface area contributed by atoms with Crippen molar-refractivity contribution in [3.63, 3.8) is 0 Å². The normalized spacial score (nSPS) is 29.8. The van der Waals surface area contributed by atoms with E-state index < -0.39 is 0 Å². The maximum atomic E-state index is 13.0. The number of carbonyl (C=O) groups excluding carboxylic acids is 2. The van der Waals surface area contributed by atoms with Crippen molar-refractivity contribution < 1.29 is 14.3 Å².